The minimum absolute atomic E-state index is 0.174. The van der Waals surface area contributed by atoms with Crippen LogP contribution in [0.1, 0.15) is 24.4 Å². The fourth-order valence-corrected chi connectivity index (χ4v) is 3.47. The second-order valence-electron chi connectivity index (χ2n) is 6.86. The number of nitrogens with two attached hydrogens (primary N) is 1. The predicted octanol–water partition coefficient (Wildman–Crippen LogP) is 2.69. The highest BCUT2D eigenvalue weighted by Gasteiger charge is 2.27. The Balaban J connectivity index is 1.62. The molecule has 0 radical (unpaired) electrons. The minimum Gasteiger partial charge on any atom is -0.492 e. The number of para-hydroxylation sites is 1. The number of hydrogen-bond donors (Lipinski definition) is 1. The maximum atomic E-state index is 12.2. The number of amides is 1. The lowest BCUT2D eigenvalue weighted by atomic mass is 10.0. The molecule has 1 heterocycles. The first-order valence-corrected chi connectivity index (χ1v) is 9.72. The quantitative estimate of drug-likeness (QED) is 0.779. The van der Waals surface area contributed by atoms with Crippen molar-refractivity contribution in [2.45, 2.75) is 18.9 Å². The molecular weight excluding hydrogens is 338 g/mol. The number of carbonyl (C=O) groups is 1. The Morgan fingerprint density at radius 1 is 0.963 bits per heavy atom. The van der Waals surface area contributed by atoms with Gasteiger partial charge in [0.1, 0.15) is 12.4 Å². The molecular formula is C22H29N3O2. The van der Waals surface area contributed by atoms with Gasteiger partial charge in [0.25, 0.3) is 0 Å². The molecule has 1 aliphatic heterocycles. The van der Waals surface area contributed by atoms with E-state index in [1.165, 1.54) is 5.56 Å². The Hall–Kier alpha value is -2.37. The summed E-state index contributed by atoms with van der Waals surface area (Å²) < 4.78 is 6.07. The molecule has 1 unspecified atom stereocenters. The van der Waals surface area contributed by atoms with Crippen LogP contribution in [0.2, 0.25) is 0 Å². The first kappa shape index (κ1) is 19.4. The molecule has 1 saturated heterocycles. The van der Waals surface area contributed by atoms with Crippen molar-refractivity contribution in [3.63, 3.8) is 0 Å². The number of ether oxygens (including phenoxy) is 1. The largest absolute Gasteiger partial charge is 0.492 e. The smallest absolute Gasteiger partial charge is 0.222 e. The molecule has 0 aromatic heterocycles. The van der Waals surface area contributed by atoms with Gasteiger partial charge in [-0.1, -0.05) is 48.5 Å². The van der Waals surface area contributed by atoms with Gasteiger partial charge in [-0.3, -0.25) is 9.69 Å². The zero-order valence-corrected chi connectivity index (χ0v) is 15.8. The fraction of sp³-hybridized carbons (Fsp3) is 0.409. The van der Waals surface area contributed by atoms with E-state index < -0.39 is 0 Å². The van der Waals surface area contributed by atoms with Crippen LogP contribution in [0.5, 0.6) is 5.75 Å². The van der Waals surface area contributed by atoms with Crippen molar-refractivity contribution < 1.29 is 9.53 Å². The summed E-state index contributed by atoms with van der Waals surface area (Å²) in [6.45, 7) is 4.39. The Morgan fingerprint density at radius 2 is 1.59 bits per heavy atom. The molecule has 1 aliphatic rings. The van der Waals surface area contributed by atoms with Gasteiger partial charge in [0.15, 0.2) is 0 Å². The van der Waals surface area contributed by atoms with Crippen LogP contribution in [0.4, 0.5) is 0 Å². The van der Waals surface area contributed by atoms with Crippen LogP contribution in [-0.4, -0.2) is 55.0 Å². The first-order valence-electron chi connectivity index (χ1n) is 9.72. The maximum absolute atomic E-state index is 12.2. The molecule has 0 saturated carbocycles. The third-order valence-electron chi connectivity index (χ3n) is 5.04. The van der Waals surface area contributed by atoms with Gasteiger partial charge in [-0.15, -0.1) is 0 Å². The Bertz CT molecular complexity index is 685. The van der Waals surface area contributed by atoms with E-state index >= 15 is 0 Å². The Kier molecular flexibility index (Phi) is 7.25. The summed E-state index contributed by atoms with van der Waals surface area (Å²) in [6, 6.07) is 20.6. The van der Waals surface area contributed by atoms with E-state index in [2.05, 4.69) is 29.2 Å². The summed E-state index contributed by atoms with van der Waals surface area (Å²) in [5.74, 6) is 1.10. The van der Waals surface area contributed by atoms with Crippen molar-refractivity contribution in [1.29, 1.82) is 0 Å². The molecule has 0 spiro atoms. The first-order chi connectivity index (χ1) is 13.3. The van der Waals surface area contributed by atoms with Gasteiger partial charge in [-0.05, 0) is 30.7 Å². The van der Waals surface area contributed by atoms with E-state index in [-0.39, 0.29) is 11.9 Å². The summed E-state index contributed by atoms with van der Waals surface area (Å²) in [5.41, 5.74) is 6.77. The second-order valence-corrected chi connectivity index (χ2v) is 6.86. The predicted molar refractivity (Wildman–Crippen MR) is 108 cm³/mol. The highest BCUT2D eigenvalue weighted by atomic mass is 16.5. The highest BCUT2D eigenvalue weighted by molar-refractivity contribution is 5.76. The summed E-state index contributed by atoms with van der Waals surface area (Å²) in [4.78, 5) is 16.6. The number of hydrogen-bond acceptors (Lipinski definition) is 4. The highest BCUT2D eigenvalue weighted by Crippen LogP contribution is 2.24. The van der Waals surface area contributed by atoms with Crippen LogP contribution >= 0.6 is 0 Å². The summed E-state index contributed by atoms with van der Waals surface area (Å²) in [7, 11) is 0. The van der Waals surface area contributed by atoms with E-state index in [1.54, 1.807) is 0 Å². The van der Waals surface area contributed by atoms with E-state index in [9.17, 15) is 4.79 Å². The monoisotopic (exact) mass is 367 g/mol. The van der Waals surface area contributed by atoms with Crippen molar-refractivity contribution >= 4 is 5.91 Å². The molecule has 2 N–H and O–H groups in total. The molecule has 5 heteroatoms. The molecule has 5 nitrogen and oxygen atoms in total. The molecule has 2 aromatic rings. The van der Waals surface area contributed by atoms with E-state index in [4.69, 9.17) is 10.5 Å². The number of carbonyl (C=O) groups excluding carboxylic acids is 1. The Labute approximate surface area is 161 Å². The zero-order chi connectivity index (χ0) is 18.9. The van der Waals surface area contributed by atoms with E-state index in [0.717, 1.165) is 38.3 Å². The van der Waals surface area contributed by atoms with Crippen molar-refractivity contribution in [2.24, 2.45) is 5.73 Å². The third kappa shape index (κ3) is 5.55. The topological polar surface area (TPSA) is 58.8 Å². The molecule has 0 bridgehead atoms. The molecule has 2 aromatic carbocycles. The number of rotatable bonds is 8. The van der Waals surface area contributed by atoms with Gasteiger partial charge >= 0.3 is 0 Å². The van der Waals surface area contributed by atoms with Gasteiger partial charge in [0, 0.05) is 32.6 Å². The summed E-state index contributed by atoms with van der Waals surface area (Å²) in [5, 5.41) is 0. The number of piperazine rings is 1. The molecule has 3 rings (SSSR count). The molecule has 1 amide bonds. The van der Waals surface area contributed by atoms with Gasteiger partial charge < -0.3 is 15.4 Å². The number of benzene rings is 2. The fourth-order valence-electron chi connectivity index (χ4n) is 3.47. The van der Waals surface area contributed by atoms with Gasteiger partial charge in [0.2, 0.25) is 5.91 Å². The summed E-state index contributed by atoms with van der Waals surface area (Å²) >= 11 is 0. The van der Waals surface area contributed by atoms with Crippen LogP contribution in [0.3, 0.4) is 0 Å². The lowest BCUT2D eigenvalue weighted by Crippen LogP contribution is -2.50. The average molecular weight is 367 g/mol. The maximum Gasteiger partial charge on any atom is 0.222 e. The second kappa shape index (κ2) is 10.1. The minimum atomic E-state index is 0.174. The lowest BCUT2D eigenvalue weighted by Gasteiger charge is -2.39. The standard InChI is InChI=1S/C22H29N3O2/c23-13-7-12-22(26)25-16-14-24(15-17-25)21(19-8-3-1-4-9-19)18-27-20-10-5-2-6-11-20/h1-6,8-11,21H,7,12-18,23H2. The summed E-state index contributed by atoms with van der Waals surface area (Å²) in [6.07, 6.45) is 1.31. The lowest BCUT2D eigenvalue weighted by molar-refractivity contribution is -0.133. The average Bonchev–Trinajstić information content (AvgIpc) is 2.74. The molecule has 144 valence electrons. The van der Waals surface area contributed by atoms with Crippen LogP contribution in [-0.2, 0) is 4.79 Å². The SMILES string of the molecule is NCCCC(=O)N1CCN(C(COc2ccccc2)c2ccccc2)CC1. The van der Waals surface area contributed by atoms with Crippen LogP contribution in [0.25, 0.3) is 0 Å². The van der Waals surface area contributed by atoms with Gasteiger partial charge in [-0.2, -0.15) is 0 Å². The van der Waals surface area contributed by atoms with E-state index in [1.807, 2.05) is 41.3 Å². The van der Waals surface area contributed by atoms with E-state index in [0.29, 0.717) is 19.6 Å². The molecule has 1 atom stereocenters. The third-order valence-corrected chi connectivity index (χ3v) is 5.04. The van der Waals surface area contributed by atoms with Crippen LogP contribution < -0.4 is 10.5 Å². The zero-order valence-electron chi connectivity index (χ0n) is 15.8. The molecule has 27 heavy (non-hydrogen) atoms. The Morgan fingerprint density at radius 3 is 2.22 bits per heavy atom. The van der Waals surface area contributed by atoms with Crippen molar-refractivity contribution in [1.82, 2.24) is 9.80 Å². The van der Waals surface area contributed by atoms with Crippen molar-refractivity contribution in [3.8, 4) is 5.75 Å². The molecule has 0 aliphatic carbocycles. The van der Waals surface area contributed by atoms with Gasteiger partial charge in [0.05, 0.1) is 6.04 Å². The normalized spacial score (nSPS) is 16.1. The van der Waals surface area contributed by atoms with Crippen LogP contribution in [0.15, 0.2) is 60.7 Å². The number of nitrogens with zero attached hydrogens (tertiary/aromatic N) is 2. The van der Waals surface area contributed by atoms with Crippen molar-refractivity contribution in [3.05, 3.63) is 66.2 Å². The molecule has 1 fully saturated rings. The van der Waals surface area contributed by atoms with Crippen molar-refractivity contribution in [2.75, 3.05) is 39.3 Å². The van der Waals surface area contributed by atoms with Gasteiger partial charge in [-0.25, -0.2) is 0 Å². The van der Waals surface area contributed by atoms with Crippen LogP contribution in [0, 0.1) is 0 Å².